The first-order valence-electron chi connectivity index (χ1n) is 13.9. The minimum Gasteiger partial charge on any atom is -0.481 e. The van der Waals surface area contributed by atoms with Crippen molar-refractivity contribution in [3.63, 3.8) is 0 Å². The molecule has 2 aliphatic heterocycles. The Morgan fingerprint density at radius 3 is 2.30 bits per heavy atom. The molecule has 0 fully saturated rings. The van der Waals surface area contributed by atoms with Crippen LogP contribution in [0.25, 0.3) is 0 Å². The van der Waals surface area contributed by atoms with Crippen LogP contribution in [0.15, 0.2) is 54.6 Å². The summed E-state index contributed by atoms with van der Waals surface area (Å²) in [5, 5.41) is 14.2. The minimum absolute atomic E-state index is 0.0224. The number of ketones is 1. The second kappa shape index (κ2) is 13.3. The van der Waals surface area contributed by atoms with Gasteiger partial charge < -0.3 is 25.2 Å². The molecule has 240 valence electrons. The smallest absolute Gasteiger partial charge is 0.413 e. The number of amides is 3. The van der Waals surface area contributed by atoms with Gasteiger partial charge in [-0.2, -0.15) is 8.78 Å². The molecule has 3 unspecified atom stereocenters. The Kier molecular flexibility index (Phi) is 9.21. The lowest BCUT2D eigenvalue weighted by Gasteiger charge is -2.28. The maximum atomic E-state index is 14.0. The summed E-state index contributed by atoms with van der Waals surface area (Å²) in [5.74, 6) is -13.1. The molecular weight excluding hydrogens is 618 g/mol. The summed E-state index contributed by atoms with van der Waals surface area (Å²) < 4.78 is 65.0. The molecule has 0 spiro atoms. The van der Waals surface area contributed by atoms with Gasteiger partial charge in [-0.3, -0.25) is 24.1 Å². The van der Waals surface area contributed by atoms with Crippen molar-refractivity contribution in [3.8, 4) is 11.5 Å². The number of ether oxygens (including phenoxy) is 2. The largest absolute Gasteiger partial charge is 0.481 e. The van der Waals surface area contributed by atoms with Gasteiger partial charge in [0.05, 0.1) is 12.1 Å². The van der Waals surface area contributed by atoms with Crippen LogP contribution >= 0.6 is 0 Å². The van der Waals surface area contributed by atoms with Gasteiger partial charge in [0.2, 0.25) is 23.4 Å². The van der Waals surface area contributed by atoms with E-state index in [9.17, 15) is 46.6 Å². The molecule has 46 heavy (non-hydrogen) atoms. The predicted molar refractivity (Wildman–Crippen MR) is 150 cm³/mol. The molecule has 5 rings (SSSR count). The summed E-state index contributed by atoms with van der Waals surface area (Å²) in [4.78, 5) is 65.6. The molecule has 2 aliphatic rings. The van der Waals surface area contributed by atoms with Crippen LogP contribution in [-0.4, -0.2) is 59.5 Å². The van der Waals surface area contributed by atoms with E-state index in [0.29, 0.717) is 23.2 Å². The zero-order valence-electron chi connectivity index (χ0n) is 23.7. The lowest BCUT2D eigenvalue weighted by atomic mass is 10.0. The zero-order chi connectivity index (χ0) is 33.1. The molecule has 3 amide bonds. The average Bonchev–Trinajstić information content (AvgIpc) is 3.36. The second-order valence-corrected chi connectivity index (χ2v) is 10.5. The van der Waals surface area contributed by atoms with Crippen LogP contribution in [-0.2, 0) is 32.0 Å². The van der Waals surface area contributed by atoms with Crippen LogP contribution in [0.3, 0.4) is 0 Å². The van der Waals surface area contributed by atoms with Gasteiger partial charge >= 0.3 is 12.1 Å². The molecule has 3 aromatic rings. The highest BCUT2D eigenvalue weighted by atomic mass is 19.2. The number of hydrogen-bond donors (Lipinski definition) is 3. The molecule has 0 radical (unpaired) electrons. The van der Waals surface area contributed by atoms with Crippen LogP contribution in [0, 0.1) is 23.3 Å². The Hall–Kier alpha value is -5.47. The number of halogens is 4. The van der Waals surface area contributed by atoms with Crippen molar-refractivity contribution >= 4 is 35.3 Å². The van der Waals surface area contributed by atoms with Crippen molar-refractivity contribution in [2.24, 2.45) is 0 Å². The second-order valence-electron chi connectivity index (χ2n) is 10.5. The molecular formula is C31H25F4N3O8. The van der Waals surface area contributed by atoms with Gasteiger partial charge in [0, 0.05) is 12.5 Å². The number of aliphatic carboxylic acids is 1. The van der Waals surface area contributed by atoms with E-state index in [0.717, 1.165) is 0 Å². The van der Waals surface area contributed by atoms with Crippen LogP contribution in [0.4, 0.5) is 28.0 Å². The summed E-state index contributed by atoms with van der Waals surface area (Å²) in [6.45, 7) is -1.26. The first-order valence-corrected chi connectivity index (χ1v) is 13.9. The van der Waals surface area contributed by atoms with Crippen molar-refractivity contribution in [1.29, 1.82) is 0 Å². The van der Waals surface area contributed by atoms with E-state index in [1.807, 2.05) is 0 Å². The van der Waals surface area contributed by atoms with E-state index < -0.39 is 89.8 Å². The van der Waals surface area contributed by atoms with Crippen LogP contribution in [0.2, 0.25) is 0 Å². The highest BCUT2D eigenvalue weighted by Crippen LogP contribution is 2.39. The number of aryl methyl sites for hydroxylation is 1. The van der Waals surface area contributed by atoms with Crippen LogP contribution in [0.1, 0.15) is 24.0 Å². The molecule has 0 bridgehead atoms. The van der Waals surface area contributed by atoms with Crippen molar-refractivity contribution in [1.82, 2.24) is 10.6 Å². The van der Waals surface area contributed by atoms with Gasteiger partial charge in [-0.05, 0) is 36.1 Å². The highest BCUT2D eigenvalue weighted by Gasteiger charge is 2.45. The summed E-state index contributed by atoms with van der Waals surface area (Å²) in [6, 6.07) is 9.00. The summed E-state index contributed by atoms with van der Waals surface area (Å²) in [7, 11) is 0. The third-order valence-electron chi connectivity index (χ3n) is 7.47. The fraction of sp³-hybridized carbons (Fsp3) is 0.258. The molecule has 3 aromatic carbocycles. The van der Waals surface area contributed by atoms with E-state index in [-0.39, 0.29) is 24.7 Å². The number of carbonyl (C=O) groups is 5. The van der Waals surface area contributed by atoms with E-state index in [4.69, 9.17) is 4.74 Å². The molecule has 3 N–H and O–H groups in total. The minimum atomic E-state index is -1.92. The van der Waals surface area contributed by atoms with E-state index >= 15 is 0 Å². The number of hydrogen-bond acceptors (Lipinski definition) is 7. The van der Waals surface area contributed by atoms with Gasteiger partial charge in [0.15, 0.2) is 23.2 Å². The Bertz CT molecular complexity index is 1700. The van der Waals surface area contributed by atoms with Gasteiger partial charge in [-0.1, -0.05) is 36.4 Å². The molecule has 0 saturated carbocycles. The lowest BCUT2D eigenvalue weighted by molar-refractivity contribution is -0.140. The Morgan fingerprint density at radius 1 is 0.957 bits per heavy atom. The number of Topliss-reactive ketones (excluding diaryl/α,β-unsaturated/α-hetero) is 1. The van der Waals surface area contributed by atoms with Crippen molar-refractivity contribution in [2.75, 3.05) is 11.5 Å². The maximum absolute atomic E-state index is 14.0. The third kappa shape index (κ3) is 6.62. The molecule has 0 aliphatic carbocycles. The zero-order valence-corrected chi connectivity index (χ0v) is 23.7. The predicted octanol–water partition coefficient (Wildman–Crippen LogP) is 3.21. The Labute approximate surface area is 258 Å². The van der Waals surface area contributed by atoms with E-state index in [2.05, 4.69) is 15.4 Å². The normalized spacial score (nSPS) is 17.4. The van der Waals surface area contributed by atoms with Crippen molar-refractivity contribution in [3.05, 3.63) is 89.0 Å². The molecule has 2 heterocycles. The Morgan fingerprint density at radius 2 is 1.63 bits per heavy atom. The van der Waals surface area contributed by atoms with Gasteiger partial charge in [0.25, 0.3) is 0 Å². The van der Waals surface area contributed by atoms with E-state index in [1.54, 1.807) is 48.5 Å². The standard InChI is InChI=1S/C31H25F4N3O8/c32-18-12-19(33)26(35)28(25(18)34)45-14-23(39)21(13-24(40)41)36-29(42)22-11-16-6-4-5-15-9-10-20(30(43)38(22)27(15)16)37-31(44)46-17-7-2-1-3-8-17/h1-8,12,20-22H,9-11,13-14H2,(H,36,42)(H,37,44)(H,40,41). The number of carbonyl (C=O) groups excluding carboxylic acids is 4. The average molecular weight is 644 g/mol. The number of carboxylic acids is 1. The monoisotopic (exact) mass is 643 g/mol. The number of nitrogens with zero attached hydrogens (tertiary/aromatic N) is 1. The summed E-state index contributed by atoms with van der Waals surface area (Å²) >= 11 is 0. The van der Waals surface area contributed by atoms with Crippen LogP contribution in [0.5, 0.6) is 11.5 Å². The third-order valence-corrected chi connectivity index (χ3v) is 7.47. The fourth-order valence-corrected chi connectivity index (χ4v) is 5.35. The fourth-order valence-electron chi connectivity index (χ4n) is 5.35. The number of para-hydroxylation sites is 2. The topological polar surface area (TPSA) is 151 Å². The number of benzene rings is 3. The number of anilines is 1. The molecule has 0 aromatic heterocycles. The first-order chi connectivity index (χ1) is 21.9. The van der Waals surface area contributed by atoms with Crippen LogP contribution < -0.4 is 25.0 Å². The molecule has 11 nitrogen and oxygen atoms in total. The highest BCUT2D eigenvalue weighted by molar-refractivity contribution is 6.08. The van der Waals surface area contributed by atoms with Gasteiger partial charge in [-0.25, -0.2) is 13.6 Å². The number of rotatable bonds is 10. The molecule has 0 saturated heterocycles. The van der Waals surface area contributed by atoms with Gasteiger partial charge in [0.1, 0.15) is 30.5 Å². The van der Waals surface area contributed by atoms with E-state index in [1.165, 1.54) is 4.90 Å². The van der Waals surface area contributed by atoms with Crippen molar-refractivity contribution < 1.29 is 56.1 Å². The van der Waals surface area contributed by atoms with Gasteiger partial charge in [-0.15, -0.1) is 0 Å². The first kappa shape index (κ1) is 31.9. The number of carboxylic acid groups (broad SMARTS) is 1. The van der Waals surface area contributed by atoms with Crippen molar-refractivity contribution in [2.45, 2.75) is 43.8 Å². The summed E-state index contributed by atoms with van der Waals surface area (Å²) in [6.07, 6.45) is -1.42. The quantitative estimate of drug-likeness (QED) is 0.225. The molecule has 3 atom stereocenters. The SMILES string of the molecule is O=C(O)CC(NC(=O)C1Cc2cccc3c2N1C(=O)C(NC(=O)Oc1ccccc1)CC3)C(=O)COc1c(F)c(F)cc(F)c1F. The Balaban J connectivity index is 1.34. The number of nitrogens with one attached hydrogen (secondary N) is 2. The molecule has 15 heteroatoms. The maximum Gasteiger partial charge on any atom is 0.413 e. The lowest BCUT2D eigenvalue weighted by Crippen LogP contribution is -2.57. The summed E-state index contributed by atoms with van der Waals surface area (Å²) in [5.41, 5.74) is 1.76.